The minimum atomic E-state index is -0.273. The van der Waals surface area contributed by atoms with Crippen molar-refractivity contribution in [2.24, 2.45) is 4.99 Å². The molecule has 0 N–H and O–H groups in total. The molecule has 0 spiro atoms. The highest BCUT2D eigenvalue weighted by Gasteiger charge is 1.99. The summed E-state index contributed by atoms with van der Waals surface area (Å²) in [5, 5.41) is 4.19. The van der Waals surface area contributed by atoms with Gasteiger partial charge in [-0.25, -0.2) is 9.07 Å². The molecule has 104 valence electrons. The van der Waals surface area contributed by atoms with E-state index >= 15 is 0 Å². The van der Waals surface area contributed by atoms with E-state index in [-0.39, 0.29) is 5.82 Å². The third-order valence-corrected chi connectivity index (χ3v) is 2.55. The number of allylic oxidation sites excluding steroid dienone is 2. The Morgan fingerprint density at radius 2 is 2.14 bits per heavy atom. The van der Waals surface area contributed by atoms with Crippen LogP contribution in [0.1, 0.15) is 12.5 Å². The Kier molecular flexibility index (Phi) is 4.84. The largest absolute Gasteiger partial charge is 0.253 e. The maximum absolute atomic E-state index is 12.9. The topological polar surface area (TPSA) is 30.2 Å². The zero-order chi connectivity index (χ0) is 15.1. The highest BCUT2D eigenvalue weighted by atomic mass is 19.1. The predicted molar refractivity (Wildman–Crippen MR) is 82.8 cm³/mol. The van der Waals surface area contributed by atoms with E-state index in [9.17, 15) is 4.39 Å². The lowest BCUT2D eigenvalue weighted by Crippen LogP contribution is -1.93. The van der Waals surface area contributed by atoms with E-state index in [1.165, 1.54) is 12.1 Å². The number of benzene rings is 1. The number of aliphatic imine (C=N–C) groups is 1. The first-order chi connectivity index (χ1) is 10.2. The standard InChI is InChI=1S/C17H14FN3/c1-3-4-11-19-14(2)5-6-15-12-20-21(13-15)17-9-7-16(18)8-10-17/h3-4,7-13H,1H2,2H3/b11-4-,19-14+. The molecule has 0 aliphatic heterocycles. The summed E-state index contributed by atoms with van der Waals surface area (Å²) in [7, 11) is 0. The minimum absolute atomic E-state index is 0.273. The first kappa shape index (κ1) is 14.5. The lowest BCUT2D eigenvalue weighted by molar-refractivity contribution is 0.627. The zero-order valence-corrected chi connectivity index (χ0v) is 11.6. The molecule has 3 nitrogen and oxygen atoms in total. The summed E-state index contributed by atoms with van der Waals surface area (Å²) < 4.78 is 14.5. The molecule has 0 aliphatic rings. The Morgan fingerprint density at radius 3 is 2.86 bits per heavy atom. The van der Waals surface area contributed by atoms with Crippen molar-refractivity contribution in [2.75, 3.05) is 0 Å². The van der Waals surface area contributed by atoms with Gasteiger partial charge in [0, 0.05) is 12.4 Å². The Bertz CT molecular complexity index is 740. The SMILES string of the molecule is C=C/C=C\N=C(/C)C#Cc1cnn(-c2ccc(F)cc2)c1. The van der Waals surface area contributed by atoms with E-state index in [0.29, 0.717) is 5.71 Å². The third-order valence-electron chi connectivity index (χ3n) is 2.55. The van der Waals surface area contributed by atoms with Crippen molar-refractivity contribution in [3.05, 3.63) is 73.0 Å². The van der Waals surface area contributed by atoms with E-state index in [2.05, 4.69) is 28.5 Å². The van der Waals surface area contributed by atoms with Crippen molar-refractivity contribution in [1.82, 2.24) is 9.78 Å². The molecule has 0 atom stereocenters. The number of hydrogen-bond acceptors (Lipinski definition) is 2. The van der Waals surface area contributed by atoms with Gasteiger partial charge in [-0.05, 0) is 43.2 Å². The average Bonchev–Trinajstić information content (AvgIpc) is 2.95. The van der Waals surface area contributed by atoms with Gasteiger partial charge in [-0.2, -0.15) is 5.10 Å². The van der Waals surface area contributed by atoms with Gasteiger partial charge >= 0.3 is 0 Å². The van der Waals surface area contributed by atoms with E-state index in [1.807, 2.05) is 6.92 Å². The smallest absolute Gasteiger partial charge is 0.123 e. The summed E-state index contributed by atoms with van der Waals surface area (Å²) in [6.45, 7) is 5.39. The summed E-state index contributed by atoms with van der Waals surface area (Å²) in [4.78, 5) is 4.13. The van der Waals surface area contributed by atoms with Crippen LogP contribution < -0.4 is 0 Å². The van der Waals surface area contributed by atoms with Crippen LogP contribution in [-0.2, 0) is 0 Å². The van der Waals surface area contributed by atoms with Crippen LogP contribution in [0.5, 0.6) is 0 Å². The van der Waals surface area contributed by atoms with Gasteiger partial charge in [-0.3, -0.25) is 4.99 Å². The molecule has 21 heavy (non-hydrogen) atoms. The molecule has 0 saturated carbocycles. The normalized spacial score (nSPS) is 11.2. The van der Waals surface area contributed by atoms with Gasteiger partial charge in [0.05, 0.1) is 23.2 Å². The van der Waals surface area contributed by atoms with Gasteiger partial charge in [0.25, 0.3) is 0 Å². The Morgan fingerprint density at radius 1 is 1.38 bits per heavy atom. The summed E-state index contributed by atoms with van der Waals surface area (Å²) >= 11 is 0. The van der Waals surface area contributed by atoms with Crippen LogP contribution in [0.25, 0.3) is 5.69 Å². The molecule has 4 heteroatoms. The van der Waals surface area contributed by atoms with Crippen LogP contribution in [0.4, 0.5) is 4.39 Å². The highest BCUT2D eigenvalue weighted by molar-refractivity contribution is 5.99. The zero-order valence-electron chi connectivity index (χ0n) is 11.6. The van der Waals surface area contributed by atoms with Crippen molar-refractivity contribution in [2.45, 2.75) is 6.92 Å². The van der Waals surface area contributed by atoms with Crippen LogP contribution in [0.2, 0.25) is 0 Å². The quantitative estimate of drug-likeness (QED) is 0.480. The van der Waals surface area contributed by atoms with E-state index in [0.717, 1.165) is 11.3 Å². The molecule has 0 bridgehead atoms. The van der Waals surface area contributed by atoms with Crippen LogP contribution >= 0.6 is 0 Å². The Balaban J connectivity index is 2.14. The van der Waals surface area contributed by atoms with Gasteiger partial charge < -0.3 is 0 Å². The van der Waals surface area contributed by atoms with E-state index < -0.39 is 0 Å². The maximum atomic E-state index is 12.9. The average molecular weight is 279 g/mol. The highest BCUT2D eigenvalue weighted by Crippen LogP contribution is 2.08. The van der Waals surface area contributed by atoms with Gasteiger partial charge in [0.15, 0.2) is 0 Å². The van der Waals surface area contributed by atoms with Crippen molar-refractivity contribution in [3.8, 4) is 17.5 Å². The van der Waals surface area contributed by atoms with Gasteiger partial charge in [-0.15, -0.1) is 0 Å². The van der Waals surface area contributed by atoms with Crippen molar-refractivity contribution in [1.29, 1.82) is 0 Å². The fourth-order valence-corrected chi connectivity index (χ4v) is 1.53. The first-order valence-electron chi connectivity index (χ1n) is 6.33. The fourth-order valence-electron chi connectivity index (χ4n) is 1.53. The Hall–Kier alpha value is -2.93. The summed E-state index contributed by atoms with van der Waals surface area (Å²) in [5.74, 6) is 5.63. The van der Waals surface area contributed by atoms with Crippen molar-refractivity contribution in [3.63, 3.8) is 0 Å². The molecule has 0 fully saturated rings. The number of aromatic nitrogens is 2. The number of nitrogens with zero attached hydrogens (tertiary/aromatic N) is 3. The maximum Gasteiger partial charge on any atom is 0.123 e. The molecule has 0 aliphatic carbocycles. The molecule has 1 aromatic heterocycles. The second kappa shape index (κ2) is 7.01. The molecular weight excluding hydrogens is 265 g/mol. The monoisotopic (exact) mass is 279 g/mol. The number of hydrogen-bond donors (Lipinski definition) is 0. The van der Waals surface area contributed by atoms with E-state index in [1.54, 1.807) is 47.6 Å². The van der Waals surface area contributed by atoms with Crippen LogP contribution in [-0.4, -0.2) is 15.5 Å². The first-order valence-corrected chi connectivity index (χ1v) is 6.33. The van der Waals surface area contributed by atoms with E-state index in [4.69, 9.17) is 0 Å². The molecule has 0 saturated heterocycles. The van der Waals surface area contributed by atoms with Crippen LogP contribution in [0, 0.1) is 17.7 Å². The van der Waals surface area contributed by atoms with Crippen molar-refractivity contribution >= 4 is 5.71 Å². The number of halogens is 1. The summed E-state index contributed by atoms with van der Waals surface area (Å²) in [6.07, 6.45) is 8.46. The molecule has 0 amide bonds. The molecule has 1 aromatic carbocycles. The minimum Gasteiger partial charge on any atom is -0.253 e. The lowest BCUT2D eigenvalue weighted by Gasteiger charge is -1.99. The number of rotatable bonds is 3. The van der Waals surface area contributed by atoms with Crippen LogP contribution in [0.15, 0.2) is 66.6 Å². The summed E-state index contributed by atoms with van der Waals surface area (Å²) in [5.41, 5.74) is 2.24. The summed E-state index contributed by atoms with van der Waals surface area (Å²) in [6, 6.07) is 6.11. The Labute approximate surface area is 123 Å². The third kappa shape index (κ3) is 4.29. The molecule has 2 rings (SSSR count). The van der Waals surface area contributed by atoms with Crippen molar-refractivity contribution < 1.29 is 4.39 Å². The molecule has 0 radical (unpaired) electrons. The van der Waals surface area contributed by atoms with Gasteiger partial charge in [-0.1, -0.05) is 18.6 Å². The fraction of sp³-hybridized carbons (Fsp3) is 0.0588. The molecule has 1 heterocycles. The molecule has 2 aromatic rings. The van der Waals surface area contributed by atoms with Crippen LogP contribution in [0.3, 0.4) is 0 Å². The lowest BCUT2D eigenvalue weighted by atomic mass is 10.3. The van der Waals surface area contributed by atoms with Gasteiger partial charge in [0.1, 0.15) is 5.82 Å². The predicted octanol–water partition coefficient (Wildman–Crippen LogP) is 3.52. The second-order valence-corrected chi connectivity index (χ2v) is 4.19. The second-order valence-electron chi connectivity index (χ2n) is 4.19. The van der Waals surface area contributed by atoms with Gasteiger partial charge in [0.2, 0.25) is 0 Å². The molecule has 0 unspecified atom stereocenters. The molecular formula is C17H14FN3.